The van der Waals surface area contributed by atoms with Gasteiger partial charge >= 0.3 is 5.97 Å². The molecule has 0 saturated carbocycles. The Morgan fingerprint density at radius 3 is 2.37 bits per heavy atom. The summed E-state index contributed by atoms with van der Waals surface area (Å²) in [7, 11) is 0. The maximum atomic E-state index is 12.0. The number of para-hydroxylation sites is 1. The van der Waals surface area contributed by atoms with Crippen LogP contribution in [0.25, 0.3) is 0 Å². The van der Waals surface area contributed by atoms with E-state index in [9.17, 15) is 19.2 Å². The van der Waals surface area contributed by atoms with Crippen LogP contribution in [0.3, 0.4) is 0 Å². The predicted octanol–water partition coefficient (Wildman–Crippen LogP) is 2.18. The molecule has 9 heteroatoms. The predicted molar refractivity (Wildman–Crippen MR) is 115 cm³/mol. The Morgan fingerprint density at radius 1 is 0.933 bits per heavy atom. The molecule has 0 radical (unpaired) electrons. The van der Waals surface area contributed by atoms with E-state index in [1.807, 2.05) is 25.1 Å². The highest BCUT2D eigenvalue weighted by Crippen LogP contribution is 2.20. The van der Waals surface area contributed by atoms with Crippen LogP contribution in [0.4, 0.5) is 5.69 Å². The number of amides is 3. The molecule has 0 bridgehead atoms. The average molecular weight is 476 g/mol. The molecule has 8 nitrogen and oxygen atoms in total. The lowest BCUT2D eigenvalue weighted by molar-refractivity contribution is -0.148. The van der Waals surface area contributed by atoms with Gasteiger partial charge in [0.15, 0.2) is 6.61 Å². The van der Waals surface area contributed by atoms with Gasteiger partial charge in [-0.2, -0.15) is 0 Å². The molecule has 0 unspecified atom stereocenters. The SMILES string of the molecule is Cc1ccccc1C(=O)NCCC(=O)OCC(=O)NCC(=O)Nc1ccccc1Br. The number of benzene rings is 2. The van der Waals surface area contributed by atoms with E-state index in [1.54, 1.807) is 30.3 Å². The Labute approximate surface area is 182 Å². The standard InChI is InChI=1S/C21H22BrN3O5/c1-14-6-2-3-7-15(14)21(29)23-11-10-20(28)30-13-19(27)24-12-18(26)25-17-9-5-4-8-16(17)22/h2-9H,10-13H2,1H3,(H,23,29)(H,24,27)(H,25,26). The second-order valence-corrected chi connectivity index (χ2v) is 7.14. The molecule has 2 aromatic carbocycles. The van der Waals surface area contributed by atoms with Crippen molar-refractivity contribution in [3.05, 3.63) is 64.1 Å². The number of aryl methyl sites for hydroxylation is 1. The lowest BCUT2D eigenvalue weighted by atomic mass is 10.1. The van der Waals surface area contributed by atoms with Crippen molar-refractivity contribution in [1.82, 2.24) is 10.6 Å². The normalized spacial score (nSPS) is 10.1. The van der Waals surface area contributed by atoms with Crippen LogP contribution in [0.15, 0.2) is 53.0 Å². The van der Waals surface area contributed by atoms with Gasteiger partial charge in [-0.05, 0) is 46.6 Å². The van der Waals surface area contributed by atoms with E-state index in [0.717, 1.165) is 5.56 Å². The van der Waals surface area contributed by atoms with E-state index in [0.29, 0.717) is 15.7 Å². The minimum atomic E-state index is -0.632. The van der Waals surface area contributed by atoms with Gasteiger partial charge in [0.2, 0.25) is 5.91 Å². The Kier molecular flexibility index (Phi) is 9.02. The van der Waals surface area contributed by atoms with Gasteiger partial charge in [0, 0.05) is 16.6 Å². The van der Waals surface area contributed by atoms with Gasteiger partial charge in [0.25, 0.3) is 11.8 Å². The fourth-order valence-electron chi connectivity index (χ4n) is 2.41. The minimum Gasteiger partial charge on any atom is -0.456 e. The smallest absolute Gasteiger partial charge is 0.308 e. The summed E-state index contributed by atoms with van der Waals surface area (Å²) >= 11 is 3.31. The molecule has 0 aromatic heterocycles. The van der Waals surface area contributed by atoms with Crippen molar-refractivity contribution in [1.29, 1.82) is 0 Å². The van der Waals surface area contributed by atoms with E-state index in [2.05, 4.69) is 31.9 Å². The van der Waals surface area contributed by atoms with Gasteiger partial charge in [-0.15, -0.1) is 0 Å². The van der Waals surface area contributed by atoms with Crippen molar-refractivity contribution in [2.45, 2.75) is 13.3 Å². The number of carbonyl (C=O) groups excluding carboxylic acids is 4. The third kappa shape index (κ3) is 7.67. The lowest BCUT2D eigenvalue weighted by Gasteiger charge is -2.09. The number of ether oxygens (including phenoxy) is 1. The third-order valence-corrected chi connectivity index (χ3v) is 4.65. The molecule has 2 rings (SSSR count). The first-order chi connectivity index (χ1) is 14.4. The Balaban J connectivity index is 1.62. The topological polar surface area (TPSA) is 114 Å². The number of halogens is 1. The number of carbonyl (C=O) groups is 4. The van der Waals surface area contributed by atoms with E-state index in [4.69, 9.17) is 4.74 Å². The Hall–Kier alpha value is -3.20. The molecule has 158 valence electrons. The number of anilines is 1. The number of nitrogens with one attached hydrogen (secondary N) is 3. The maximum Gasteiger partial charge on any atom is 0.308 e. The fraction of sp³-hybridized carbons (Fsp3) is 0.238. The second-order valence-electron chi connectivity index (χ2n) is 6.29. The summed E-state index contributed by atoms with van der Waals surface area (Å²) in [6, 6.07) is 14.2. The van der Waals surface area contributed by atoms with Crippen molar-refractivity contribution < 1.29 is 23.9 Å². The van der Waals surface area contributed by atoms with Crippen molar-refractivity contribution >= 4 is 45.3 Å². The van der Waals surface area contributed by atoms with Crippen LogP contribution in [-0.2, 0) is 19.1 Å². The van der Waals surface area contributed by atoms with Gasteiger partial charge in [-0.25, -0.2) is 0 Å². The van der Waals surface area contributed by atoms with Crippen LogP contribution < -0.4 is 16.0 Å². The summed E-state index contributed by atoms with van der Waals surface area (Å²) in [4.78, 5) is 47.3. The fourth-order valence-corrected chi connectivity index (χ4v) is 2.79. The molecule has 0 saturated heterocycles. The third-order valence-electron chi connectivity index (χ3n) is 3.96. The van der Waals surface area contributed by atoms with E-state index in [-0.39, 0.29) is 25.4 Å². The zero-order valence-electron chi connectivity index (χ0n) is 16.4. The monoisotopic (exact) mass is 475 g/mol. The first kappa shape index (κ1) is 23.1. The van der Waals surface area contributed by atoms with Gasteiger partial charge in [-0.1, -0.05) is 30.3 Å². The number of rotatable bonds is 9. The largest absolute Gasteiger partial charge is 0.456 e. The summed E-state index contributed by atoms with van der Waals surface area (Å²) in [5, 5.41) is 7.63. The van der Waals surface area contributed by atoms with E-state index >= 15 is 0 Å². The van der Waals surface area contributed by atoms with E-state index in [1.165, 1.54) is 0 Å². The molecule has 30 heavy (non-hydrogen) atoms. The molecule has 2 aromatic rings. The maximum absolute atomic E-state index is 12.0. The lowest BCUT2D eigenvalue weighted by Crippen LogP contribution is -2.36. The van der Waals surface area contributed by atoms with Crippen molar-refractivity contribution in [3.8, 4) is 0 Å². The molecule has 0 atom stereocenters. The zero-order chi connectivity index (χ0) is 21.9. The van der Waals surface area contributed by atoms with Gasteiger partial charge in [0.05, 0.1) is 18.7 Å². The first-order valence-corrected chi connectivity index (χ1v) is 9.96. The molecule has 0 aliphatic rings. The van der Waals surface area contributed by atoms with Crippen LogP contribution in [0.1, 0.15) is 22.3 Å². The average Bonchev–Trinajstić information content (AvgIpc) is 2.72. The van der Waals surface area contributed by atoms with Gasteiger partial charge in [-0.3, -0.25) is 19.2 Å². The van der Waals surface area contributed by atoms with Crippen LogP contribution in [0.5, 0.6) is 0 Å². The molecular weight excluding hydrogens is 454 g/mol. The molecule has 3 amide bonds. The van der Waals surface area contributed by atoms with Crippen molar-refractivity contribution in [3.63, 3.8) is 0 Å². The summed E-state index contributed by atoms with van der Waals surface area (Å²) in [5.74, 6) is -1.93. The second kappa shape index (κ2) is 11.7. The summed E-state index contributed by atoms with van der Waals surface area (Å²) in [6.45, 7) is 1.14. The van der Waals surface area contributed by atoms with Crippen LogP contribution in [-0.4, -0.2) is 43.4 Å². The summed E-state index contributed by atoms with van der Waals surface area (Å²) in [6.07, 6.45) is -0.0760. The van der Waals surface area contributed by atoms with Crippen LogP contribution in [0.2, 0.25) is 0 Å². The van der Waals surface area contributed by atoms with Crippen LogP contribution >= 0.6 is 15.9 Å². The van der Waals surface area contributed by atoms with Gasteiger partial charge < -0.3 is 20.7 Å². The number of hydrogen-bond acceptors (Lipinski definition) is 5. The number of esters is 1. The highest BCUT2D eigenvalue weighted by molar-refractivity contribution is 9.10. The van der Waals surface area contributed by atoms with Gasteiger partial charge in [0.1, 0.15) is 0 Å². The minimum absolute atomic E-state index is 0.0760. The highest BCUT2D eigenvalue weighted by Gasteiger charge is 2.12. The van der Waals surface area contributed by atoms with E-state index < -0.39 is 24.4 Å². The van der Waals surface area contributed by atoms with Crippen molar-refractivity contribution in [2.24, 2.45) is 0 Å². The highest BCUT2D eigenvalue weighted by atomic mass is 79.9. The molecule has 0 fully saturated rings. The quantitative estimate of drug-likeness (QED) is 0.481. The zero-order valence-corrected chi connectivity index (χ0v) is 18.0. The molecule has 0 aliphatic heterocycles. The molecule has 0 spiro atoms. The summed E-state index contributed by atoms with van der Waals surface area (Å²) in [5.41, 5.74) is 1.94. The van der Waals surface area contributed by atoms with Crippen molar-refractivity contribution in [2.75, 3.05) is 25.0 Å². The summed E-state index contributed by atoms with van der Waals surface area (Å²) < 4.78 is 5.56. The molecule has 0 aliphatic carbocycles. The number of hydrogen-bond donors (Lipinski definition) is 3. The molecule has 3 N–H and O–H groups in total. The molecule has 0 heterocycles. The molecular formula is C21H22BrN3O5. The van der Waals surface area contributed by atoms with Crippen LogP contribution in [0, 0.1) is 6.92 Å². The first-order valence-electron chi connectivity index (χ1n) is 9.17. The Bertz CT molecular complexity index is 932. The Morgan fingerprint density at radius 2 is 1.63 bits per heavy atom.